The summed E-state index contributed by atoms with van der Waals surface area (Å²) in [5.74, 6) is 0.435. The number of hydrogen-bond donors (Lipinski definition) is 1. The third kappa shape index (κ3) is 3.71. The summed E-state index contributed by atoms with van der Waals surface area (Å²) in [6.45, 7) is 8.97. The molecule has 25 heavy (non-hydrogen) atoms. The van der Waals surface area contributed by atoms with Crippen molar-refractivity contribution in [3.63, 3.8) is 0 Å². The summed E-state index contributed by atoms with van der Waals surface area (Å²) < 4.78 is 0. The monoisotopic (exact) mass is 336 g/mol. The standard InChI is InChI=1S/C22H28N2O/c1-15(2)19-10-7-8-16(3)22(19)23-21(25)14-24-17(4)12-13-18-9-5-6-11-20(18)24/h5-11,15,17H,12-14H2,1-4H3,(H,23,25)/t17-/m0/s1. The summed E-state index contributed by atoms with van der Waals surface area (Å²) >= 11 is 0. The molecule has 1 amide bonds. The lowest BCUT2D eigenvalue weighted by atomic mass is 9.96. The van der Waals surface area contributed by atoms with Crippen molar-refractivity contribution in [1.29, 1.82) is 0 Å². The van der Waals surface area contributed by atoms with E-state index < -0.39 is 0 Å². The minimum Gasteiger partial charge on any atom is -0.359 e. The molecule has 0 aliphatic carbocycles. The summed E-state index contributed by atoms with van der Waals surface area (Å²) in [5, 5.41) is 3.18. The minimum atomic E-state index is 0.0553. The van der Waals surface area contributed by atoms with Crippen LogP contribution < -0.4 is 10.2 Å². The van der Waals surface area contributed by atoms with Crippen LogP contribution in [0.5, 0.6) is 0 Å². The van der Waals surface area contributed by atoms with Crippen molar-refractivity contribution in [2.75, 3.05) is 16.8 Å². The van der Waals surface area contributed by atoms with Gasteiger partial charge in [-0.25, -0.2) is 0 Å². The number of fused-ring (bicyclic) bond motifs is 1. The molecule has 3 heteroatoms. The van der Waals surface area contributed by atoms with Crippen molar-refractivity contribution in [2.24, 2.45) is 0 Å². The summed E-state index contributed by atoms with van der Waals surface area (Å²) in [4.78, 5) is 15.0. The van der Waals surface area contributed by atoms with E-state index in [1.807, 2.05) is 0 Å². The first-order valence-corrected chi connectivity index (χ1v) is 9.21. The summed E-state index contributed by atoms with van der Waals surface area (Å²) in [6, 6.07) is 15.0. The Bertz CT molecular complexity index is 766. The summed E-state index contributed by atoms with van der Waals surface area (Å²) in [5.41, 5.74) is 5.82. The highest BCUT2D eigenvalue weighted by molar-refractivity contribution is 5.95. The molecule has 3 rings (SSSR count). The Morgan fingerprint density at radius 3 is 2.72 bits per heavy atom. The van der Waals surface area contributed by atoms with Crippen LogP contribution in [0, 0.1) is 6.92 Å². The van der Waals surface area contributed by atoms with Crippen LogP contribution in [0.3, 0.4) is 0 Å². The predicted molar refractivity (Wildman–Crippen MR) is 105 cm³/mol. The van der Waals surface area contributed by atoms with Gasteiger partial charge in [0.05, 0.1) is 6.54 Å². The van der Waals surface area contributed by atoms with Gasteiger partial charge in [0, 0.05) is 17.4 Å². The maximum Gasteiger partial charge on any atom is 0.243 e. The van der Waals surface area contributed by atoms with Crippen molar-refractivity contribution in [1.82, 2.24) is 0 Å². The molecular weight excluding hydrogens is 308 g/mol. The molecule has 0 aromatic heterocycles. The molecule has 1 aliphatic rings. The number of rotatable bonds is 4. The zero-order valence-corrected chi connectivity index (χ0v) is 15.7. The molecule has 1 aliphatic heterocycles. The third-order valence-electron chi connectivity index (χ3n) is 5.17. The average molecular weight is 336 g/mol. The van der Waals surface area contributed by atoms with Gasteiger partial charge in [0.15, 0.2) is 0 Å². The quantitative estimate of drug-likeness (QED) is 0.861. The molecule has 2 aromatic rings. The van der Waals surface area contributed by atoms with Gasteiger partial charge in [-0.15, -0.1) is 0 Å². The lowest BCUT2D eigenvalue weighted by Gasteiger charge is -2.36. The second-order valence-electron chi connectivity index (χ2n) is 7.39. The number of hydrogen-bond acceptors (Lipinski definition) is 2. The molecule has 2 aromatic carbocycles. The van der Waals surface area contributed by atoms with Crippen LogP contribution >= 0.6 is 0 Å². The normalized spacial score (nSPS) is 16.7. The maximum absolute atomic E-state index is 12.8. The van der Waals surface area contributed by atoms with E-state index in [4.69, 9.17) is 0 Å². The lowest BCUT2D eigenvalue weighted by molar-refractivity contribution is -0.115. The van der Waals surface area contributed by atoms with E-state index in [9.17, 15) is 4.79 Å². The molecule has 3 nitrogen and oxygen atoms in total. The zero-order valence-electron chi connectivity index (χ0n) is 15.7. The molecule has 1 atom stereocenters. The minimum absolute atomic E-state index is 0.0553. The van der Waals surface area contributed by atoms with E-state index in [2.05, 4.69) is 80.4 Å². The number of carbonyl (C=O) groups is 1. The second-order valence-corrected chi connectivity index (χ2v) is 7.39. The van der Waals surface area contributed by atoms with Gasteiger partial charge < -0.3 is 10.2 Å². The van der Waals surface area contributed by atoms with Crippen molar-refractivity contribution in [2.45, 2.75) is 52.5 Å². The van der Waals surface area contributed by atoms with Gasteiger partial charge in [-0.05, 0) is 55.4 Å². The van der Waals surface area contributed by atoms with E-state index in [0.717, 1.165) is 24.1 Å². The Hall–Kier alpha value is -2.29. The largest absolute Gasteiger partial charge is 0.359 e. The first-order valence-electron chi connectivity index (χ1n) is 9.21. The predicted octanol–water partition coefficient (Wildman–Crippen LogP) is 4.90. The highest BCUT2D eigenvalue weighted by atomic mass is 16.2. The van der Waals surface area contributed by atoms with Crippen LogP contribution in [0.25, 0.3) is 0 Å². The number of nitrogens with zero attached hydrogens (tertiary/aromatic N) is 1. The first kappa shape index (κ1) is 17.5. The molecule has 0 spiro atoms. The first-order chi connectivity index (χ1) is 12.0. The fourth-order valence-electron chi connectivity index (χ4n) is 3.68. The van der Waals surface area contributed by atoms with E-state index in [-0.39, 0.29) is 5.91 Å². The molecule has 0 fully saturated rings. The molecule has 1 N–H and O–H groups in total. The van der Waals surface area contributed by atoms with E-state index in [1.165, 1.54) is 16.8 Å². The topological polar surface area (TPSA) is 32.3 Å². The number of nitrogens with one attached hydrogen (secondary N) is 1. The van der Waals surface area contributed by atoms with Crippen molar-refractivity contribution >= 4 is 17.3 Å². The second kappa shape index (κ2) is 7.30. The fraction of sp³-hybridized carbons (Fsp3) is 0.409. The van der Waals surface area contributed by atoms with Gasteiger partial charge in [-0.1, -0.05) is 50.2 Å². The number of benzene rings is 2. The van der Waals surface area contributed by atoms with Gasteiger partial charge in [-0.3, -0.25) is 4.79 Å². The number of carbonyl (C=O) groups excluding carboxylic acids is 1. The van der Waals surface area contributed by atoms with E-state index in [1.54, 1.807) is 0 Å². The number of anilines is 2. The zero-order chi connectivity index (χ0) is 18.0. The van der Waals surface area contributed by atoms with Crippen molar-refractivity contribution in [3.8, 4) is 0 Å². The summed E-state index contributed by atoms with van der Waals surface area (Å²) in [6.07, 6.45) is 2.18. The lowest BCUT2D eigenvalue weighted by Crippen LogP contribution is -2.42. The third-order valence-corrected chi connectivity index (χ3v) is 5.17. The Morgan fingerprint density at radius 1 is 1.20 bits per heavy atom. The highest BCUT2D eigenvalue weighted by Crippen LogP contribution is 2.31. The van der Waals surface area contributed by atoms with Crippen LogP contribution in [0.4, 0.5) is 11.4 Å². The Balaban J connectivity index is 1.80. The fourth-order valence-corrected chi connectivity index (χ4v) is 3.68. The van der Waals surface area contributed by atoms with Crippen LogP contribution in [0.1, 0.15) is 49.8 Å². The van der Waals surface area contributed by atoms with Crippen molar-refractivity contribution in [3.05, 3.63) is 59.2 Å². The van der Waals surface area contributed by atoms with Crippen molar-refractivity contribution < 1.29 is 4.79 Å². The summed E-state index contributed by atoms with van der Waals surface area (Å²) in [7, 11) is 0. The van der Waals surface area contributed by atoms with Gasteiger partial charge in [0.2, 0.25) is 5.91 Å². The Morgan fingerprint density at radius 2 is 1.96 bits per heavy atom. The maximum atomic E-state index is 12.8. The van der Waals surface area contributed by atoms with Crippen LogP contribution in [-0.4, -0.2) is 18.5 Å². The molecular formula is C22H28N2O. The van der Waals surface area contributed by atoms with E-state index in [0.29, 0.717) is 18.5 Å². The van der Waals surface area contributed by atoms with Gasteiger partial charge >= 0.3 is 0 Å². The van der Waals surface area contributed by atoms with Crippen LogP contribution in [0.15, 0.2) is 42.5 Å². The molecule has 0 unspecified atom stereocenters. The Labute approximate surface area is 151 Å². The Kier molecular flexibility index (Phi) is 5.12. The van der Waals surface area contributed by atoms with Gasteiger partial charge in [0.25, 0.3) is 0 Å². The molecule has 1 heterocycles. The van der Waals surface area contributed by atoms with Gasteiger partial charge in [0.1, 0.15) is 0 Å². The van der Waals surface area contributed by atoms with Crippen LogP contribution in [0.2, 0.25) is 0 Å². The molecule has 0 saturated heterocycles. The number of aryl methyl sites for hydroxylation is 2. The number of amides is 1. The molecule has 0 radical (unpaired) electrons. The highest BCUT2D eigenvalue weighted by Gasteiger charge is 2.25. The molecule has 0 saturated carbocycles. The molecule has 132 valence electrons. The number of para-hydroxylation sites is 2. The SMILES string of the molecule is Cc1cccc(C(C)C)c1NC(=O)CN1c2ccccc2CC[C@@H]1C. The van der Waals surface area contributed by atoms with E-state index >= 15 is 0 Å². The molecule has 0 bridgehead atoms. The van der Waals surface area contributed by atoms with Gasteiger partial charge in [-0.2, -0.15) is 0 Å². The van der Waals surface area contributed by atoms with Crippen LogP contribution in [-0.2, 0) is 11.2 Å². The smallest absolute Gasteiger partial charge is 0.243 e. The average Bonchev–Trinajstić information content (AvgIpc) is 2.59.